The maximum absolute atomic E-state index is 12.6. The Hall–Kier alpha value is -1.17. The highest BCUT2D eigenvalue weighted by Crippen LogP contribution is 2.32. The van der Waals surface area contributed by atoms with Gasteiger partial charge in [-0.15, -0.1) is 0 Å². The Morgan fingerprint density at radius 1 is 1.35 bits per heavy atom. The molecular weight excluding hydrogens is 231 g/mol. The molecule has 2 rings (SSSR count). The normalized spacial score (nSPS) is 25.2. The topological polar surface area (TPSA) is 37.8 Å². The van der Waals surface area contributed by atoms with E-state index in [0.29, 0.717) is 5.69 Å². The Morgan fingerprint density at radius 3 is 2.59 bits per heavy atom. The second kappa shape index (κ2) is 3.94. The van der Waals surface area contributed by atoms with Crippen LogP contribution in [0.4, 0.5) is 13.2 Å². The number of aromatic nitrogens is 2. The van der Waals surface area contributed by atoms with E-state index < -0.39 is 17.4 Å². The summed E-state index contributed by atoms with van der Waals surface area (Å²) < 4.78 is 37.9. The number of rotatable bonds is 1. The van der Waals surface area contributed by atoms with Gasteiger partial charge in [0, 0.05) is 5.69 Å². The molecule has 0 aliphatic carbocycles. The Bertz CT molecular complexity index is 422. The van der Waals surface area contributed by atoms with Crippen molar-refractivity contribution in [1.82, 2.24) is 15.3 Å². The molecule has 0 spiro atoms. The van der Waals surface area contributed by atoms with Crippen molar-refractivity contribution in [2.45, 2.75) is 38.4 Å². The zero-order valence-electron chi connectivity index (χ0n) is 9.73. The molecule has 0 radical (unpaired) electrons. The molecule has 1 aromatic heterocycles. The highest BCUT2D eigenvalue weighted by atomic mass is 19.4. The summed E-state index contributed by atoms with van der Waals surface area (Å²) in [6, 6.07) is 0.974. The molecule has 0 amide bonds. The predicted molar refractivity (Wildman–Crippen MR) is 56.4 cm³/mol. The number of hydrogen-bond donors (Lipinski definition) is 1. The molecule has 1 fully saturated rings. The van der Waals surface area contributed by atoms with Gasteiger partial charge in [0.05, 0.1) is 5.54 Å². The maximum atomic E-state index is 12.6. The Balaban J connectivity index is 2.45. The zero-order chi connectivity index (χ0) is 12.7. The van der Waals surface area contributed by atoms with Gasteiger partial charge in [0.25, 0.3) is 0 Å². The van der Waals surface area contributed by atoms with E-state index in [1.54, 1.807) is 6.92 Å². The lowest BCUT2D eigenvalue weighted by atomic mass is 9.99. The number of alkyl halides is 3. The first kappa shape index (κ1) is 12.3. The summed E-state index contributed by atoms with van der Waals surface area (Å²) in [7, 11) is 0. The molecule has 0 aromatic carbocycles. The fourth-order valence-electron chi connectivity index (χ4n) is 2.05. The lowest BCUT2D eigenvalue weighted by Crippen LogP contribution is -2.36. The van der Waals surface area contributed by atoms with E-state index in [2.05, 4.69) is 15.3 Å². The Morgan fingerprint density at radius 2 is 2.06 bits per heavy atom. The van der Waals surface area contributed by atoms with Crippen LogP contribution in [0, 0.1) is 6.92 Å². The third-order valence-electron chi connectivity index (χ3n) is 3.01. The summed E-state index contributed by atoms with van der Waals surface area (Å²) in [5.74, 6) is 0.238. The van der Waals surface area contributed by atoms with Gasteiger partial charge in [-0.1, -0.05) is 0 Å². The van der Waals surface area contributed by atoms with Crippen LogP contribution < -0.4 is 5.32 Å². The van der Waals surface area contributed by atoms with Gasteiger partial charge in [0.1, 0.15) is 11.5 Å². The molecule has 1 aliphatic heterocycles. The number of nitrogens with one attached hydrogen (secondary N) is 1. The molecule has 1 saturated heterocycles. The SMILES string of the molecule is Cc1cc(C(F)(F)F)nc([C@]2(C)CCCN2)n1. The summed E-state index contributed by atoms with van der Waals surface area (Å²) in [6.07, 6.45) is -2.74. The second-order valence-electron chi connectivity index (χ2n) is 4.58. The predicted octanol–water partition coefficient (Wildman–Crippen LogP) is 2.40. The molecule has 2 heterocycles. The van der Waals surface area contributed by atoms with Crippen molar-refractivity contribution in [2.24, 2.45) is 0 Å². The fraction of sp³-hybridized carbons (Fsp3) is 0.636. The summed E-state index contributed by atoms with van der Waals surface area (Å²) >= 11 is 0. The van der Waals surface area contributed by atoms with Gasteiger partial charge in [0.15, 0.2) is 0 Å². The molecule has 0 saturated carbocycles. The molecule has 17 heavy (non-hydrogen) atoms. The minimum absolute atomic E-state index is 0.238. The molecule has 3 nitrogen and oxygen atoms in total. The van der Waals surface area contributed by atoms with Crippen LogP contribution in [0.5, 0.6) is 0 Å². The summed E-state index contributed by atoms with van der Waals surface area (Å²) in [5.41, 5.74) is -1.06. The van der Waals surface area contributed by atoms with E-state index in [1.807, 2.05) is 6.92 Å². The standard InChI is InChI=1S/C11H14F3N3/c1-7-6-8(11(12,13)14)17-9(16-7)10(2)4-3-5-15-10/h6,15H,3-5H2,1-2H3/t10-/m0/s1. The monoisotopic (exact) mass is 245 g/mol. The third-order valence-corrected chi connectivity index (χ3v) is 3.01. The molecule has 1 N–H and O–H groups in total. The van der Waals surface area contributed by atoms with Gasteiger partial charge in [-0.25, -0.2) is 9.97 Å². The van der Waals surface area contributed by atoms with Crippen molar-refractivity contribution >= 4 is 0 Å². The Labute approximate surface area is 97.5 Å². The van der Waals surface area contributed by atoms with Crippen LogP contribution in [0.3, 0.4) is 0 Å². The number of hydrogen-bond acceptors (Lipinski definition) is 3. The smallest absolute Gasteiger partial charge is 0.305 e. The van der Waals surface area contributed by atoms with Crippen molar-refractivity contribution in [2.75, 3.05) is 6.54 Å². The lowest BCUT2D eigenvalue weighted by Gasteiger charge is -2.23. The van der Waals surface area contributed by atoms with Crippen molar-refractivity contribution in [1.29, 1.82) is 0 Å². The molecule has 0 unspecified atom stereocenters. The quantitative estimate of drug-likeness (QED) is 0.825. The van der Waals surface area contributed by atoms with Gasteiger partial charge in [-0.3, -0.25) is 0 Å². The highest BCUT2D eigenvalue weighted by Gasteiger charge is 2.38. The molecule has 1 atom stereocenters. The average Bonchev–Trinajstić information content (AvgIpc) is 2.64. The summed E-state index contributed by atoms with van der Waals surface area (Å²) in [6.45, 7) is 4.18. The van der Waals surface area contributed by atoms with E-state index >= 15 is 0 Å². The van der Waals surface area contributed by atoms with E-state index in [0.717, 1.165) is 25.5 Å². The van der Waals surface area contributed by atoms with Crippen LogP contribution in [-0.4, -0.2) is 16.5 Å². The van der Waals surface area contributed by atoms with Crippen molar-refractivity contribution in [3.05, 3.63) is 23.3 Å². The molecule has 1 aromatic rings. The largest absolute Gasteiger partial charge is 0.433 e. The third kappa shape index (κ3) is 2.41. The first-order chi connectivity index (χ1) is 7.81. The van der Waals surface area contributed by atoms with Crippen LogP contribution in [0.1, 0.15) is 37.0 Å². The number of nitrogens with zero attached hydrogens (tertiary/aromatic N) is 2. The summed E-state index contributed by atoms with van der Waals surface area (Å²) in [5, 5.41) is 3.16. The lowest BCUT2D eigenvalue weighted by molar-refractivity contribution is -0.141. The van der Waals surface area contributed by atoms with Gasteiger partial charge >= 0.3 is 6.18 Å². The number of aryl methyl sites for hydroxylation is 1. The Kier molecular flexibility index (Phi) is 2.85. The first-order valence-corrected chi connectivity index (χ1v) is 5.50. The number of halogens is 3. The van der Waals surface area contributed by atoms with Gasteiger partial charge < -0.3 is 5.32 Å². The molecular formula is C11H14F3N3. The van der Waals surface area contributed by atoms with Crippen molar-refractivity contribution in [3.63, 3.8) is 0 Å². The zero-order valence-corrected chi connectivity index (χ0v) is 9.73. The van der Waals surface area contributed by atoms with E-state index in [4.69, 9.17) is 0 Å². The maximum Gasteiger partial charge on any atom is 0.433 e. The minimum Gasteiger partial charge on any atom is -0.305 e. The van der Waals surface area contributed by atoms with E-state index in [1.165, 1.54) is 0 Å². The van der Waals surface area contributed by atoms with Crippen LogP contribution in [0.15, 0.2) is 6.07 Å². The van der Waals surface area contributed by atoms with Crippen LogP contribution in [0.2, 0.25) is 0 Å². The van der Waals surface area contributed by atoms with Crippen LogP contribution in [-0.2, 0) is 11.7 Å². The van der Waals surface area contributed by atoms with Crippen molar-refractivity contribution in [3.8, 4) is 0 Å². The molecule has 0 bridgehead atoms. The second-order valence-corrected chi connectivity index (χ2v) is 4.58. The van der Waals surface area contributed by atoms with E-state index in [-0.39, 0.29) is 5.82 Å². The first-order valence-electron chi connectivity index (χ1n) is 5.50. The van der Waals surface area contributed by atoms with Gasteiger partial charge in [-0.05, 0) is 39.3 Å². The average molecular weight is 245 g/mol. The van der Waals surface area contributed by atoms with Crippen LogP contribution in [0.25, 0.3) is 0 Å². The fourth-order valence-corrected chi connectivity index (χ4v) is 2.05. The molecule has 1 aliphatic rings. The van der Waals surface area contributed by atoms with Crippen molar-refractivity contribution < 1.29 is 13.2 Å². The van der Waals surface area contributed by atoms with Crippen LogP contribution >= 0.6 is 0 Å². The van der Waals surface area contributed by atoms with Gasteiger partial charge in [0.2, 0.25) is 0 Å². The minimum atomic E-state index is -4.42. The summed E-state index contributed by atoms with van der Waals surface area (Å²) in [4.78, 5) is 7.79. The molecule has 6 heteroatoms. The van der Waals surface area contributed by atoms with Gasteiger partial charge in [-0.2, -0.15) is 13.2 Å². The molecule has 94 valence electrons. The highest BCUT2D eigenvalue weighted by molar-refractivity contribution is 5.17. The van der Waals surface area contributed by atoms with E-state index in [9.17, 15) is 13.2 Å².